The van der Waals surface area contributed by atoms with Gasteiger partial charge in [0.1, 0.15) is 5.75 Å². The van der Waals surface area contributed by atoms with E-state index in [2.05, 4.69) is 9.71 Å². The highest BCUT2D eigenvalue weighted by Gasteiger charge is 2.15. The first-order valence-corrected chi connectivity index (χ1v) is 6.78. The van der Waals surface area contributed by atoms with Crippen LogP contribution in [-0.2, 0) is 10.0 Å². The number of hydrogen-bond donors (Lipinski definition) is 1. The molecule has 19 heavy (non-hydrogen) atoms. The van der Waals surface area contributed by atoms with Gasteiger partial charge in [-0.2, -0.15) is 4.39 Å². The normalized spacial score (nSPS) is 11.1. The van der Waals surface area contributed by atoms with Gasteiger partial charge in [-0.25, -0.2) is 13.4 Å². The summed E-state index contributed by atoms with van der Waals surface area (Å²) in [6.45, 7) is 0. The third kappa shape index (κ3) is 3.19. The largest absolute Gasteiger partial charge is 0.497 e. The van der Waals surface area contributed by atoms with Crippen molar-refractivity contribution < 1.29 is 17.5 Å². The van der Waals surface area contributed by atoms with Crippen LogP contribution in [0.4, 0.5) is 10.1 Å². The molecule has 1 N–H and O–H groups in total. The Kier molecular flexibility index (Phi) is 3.66. The molecule has 2 rings (SSSR count). The molecule has 0 saturated carbocycles. The van der Waals surface area contributed by atoms with Gasteiger partial charge in [0.15, 0.2) is 0 Å². The Balaban J connectivity index is 2.29. The van der Waals surface area contributed by atoms with Gasteiger partial charge in [0, 0.05) is 6.07 Å². The predicted octanol–water partition coefficient (Wildman–Crippen LogP) is 2.03. The molecule has 0 fully saturated rings. The number of anilines is 1. The minimum Gasteiger partial charge on any atom is -0.497 e. The molecule has 2 aromatic rings. The molecule has 0 spiro atoms. The van der Waals surface area contributed by atoms with Crippen molar-refractivity contribution in [3.05, 3.63) is 48.5 Å². The molecule has 0 radical (unpaired) electrons. The van der Waals surface area contributed by atoms with Crippen molar-refractivity contribution in [3.63, 3.8) is 0 Å². The van der Waals surface area contributed by atoms with Crippen molar-refractivity contribution in [2.75, 3.05) is 11.8 Å². The molecular formula is C12H11FN2O3S. The van der Waals surface area contributed by atoms with Crippen LogP contribution in [0.15, 0.2) is 47.5 Å². The molecule has 0 amide bonds. The van der Waals surface area contributed by atoms with Gasteiger partial charge in [-0.1, -0.05) is 6.07 Å². The smallest absolute Gasteiger partial charge is 0.262 e. The molecule has 0 aliphatic carbocycles. The van der Waals surface area contributed by atoms with Crippen LogP contribution in [0.5, 0.6) is 5.75 Å². The second-order valence-corrected chi connectivity index (χ2v) is 5.34. The molecule has 0 bridgehead atoms. The summed E-state index contributed by atoms with van der Waals surface area (Å²) in [5.41, 5.74) is 0.184. The first kappa shape index (κ1) is 13.3. The Morgan fingerprint density at radius 1 is 1.26 bits per heavy atom. The molecule has 100 valence electrons. The van der Waals surface area contributed by atoms with Crippen molar-refractivity contribution in [1.29, 1.82) is 0 Å². The number of rotatable bonds is 4. The Bertz CT molecular complexity index is 672. The summed E-state index contributed by atoms with van der Waals surface area (Å²) in [5.74, 6) is -0.246. The lowest BCUT2D eigenvalue weighted by Gasteiger charge is -2.08. The van der Waals surface area contributed by atoms with Crippen LogP contribution >= 0.6 is 0 Å². The van der Waals surface area contributed by atoms with Crippen LogP contribution in [0, 0.1) is 5.95 Å². The van der Waals surface area contributed by atoms with Gasteiger partial charge in [0.25, 0.3) is 10.0 Å². The summed E-state index contributed by atoms with van der Waals surface area (Å²) >= 11 is 0. The quantitative estimate of drug-likeness (QED) is 0.871. The Morgan fingerprint density at radius 3 is 2.68 bits per heavy atom. The molecule has 0 saturated heterocycles. The highest BCUT2D eigenvalue weighted by Crippen LogP contribution is 2.19. The maximum atomic E-state index is 12.6. The van der Waals surface area contributed by atoms with Crippen molar-refractivity contribution >= 4 is 15.7 Å². The molecule has 0 unspecified atom stereocenters. The van der Waals surface area contributed by atoms with Crippen molar-refractivity contribution in [3.8, 4) is 5.75 Å². The maximum absolute atomic E-state index is 12.6. The number of ether oxygens (including phenoxy) is 1. The highest BCUT2D eigenvalue weighted by atomic mass is 32.2. The van der Waals surface area contributed by atoms with Crippen molar-refractivity contribution in [2.24, 2.45) is 0 Å². The number of nitrogens with one attached hydrogen (secondary N) is 1. The fourth-order valence-electron chi connectivity index (χ4n) is 1.42. The average Bonchev–Trinajstić information content (AvgIpc) is 2.41. The Morgan fingerprint density at radius 2 is 2.05 bits per heavy atom. The van der Waals surface area contributed by atoms with Crippen LogP contribution in [0.3, 0.4) is 0 Å². The Labute approximate surface area is 110 Å². The van der Waals surface area contributed by atoms with Crippen LogP contribution in [0.1, 0.15) is 0 Å². The number of pyridine rings is 1. The molecule has 1 heterocycles. The predicted molar refractivity (Wildman–Crippen MR) is 68.0 cm³/mol. The lowest BCUT2D eigenvalue weighted by atomic mass is 10.3. The third-order valence-electron chi connectivity index (χ3n) is 2.33. The second-order valence-electron chi connectivity index (χ2n) is 3.65. The van der Waals surface area contributed by atoms with Gasteiger partial charge >= 0.3 is 0 Å². The monoisotopic (exact) mass is 282 g/mol. The number of nitrogens with zero attached hydrogens (tertiary/aromatic N) is 1. The zero-order valence-corrected chi connectivity index (χ0v) is 10.8. The lowest BCUT2D eigenvalue weighted by molar-refractivity contribution is 0.413. The minimum atomic E-state index is -3.75. The molecular weight excluding hydrogens is 271 g/mol. The number of hydrogen-bond acceptors (Lipinski definition) is 4. The van der Waals surface area contributed by atoms with E-state index in [1.165, 1.54) is 25.3 Å². The van der Waals surface area contributed by atoms with Crippen molar-refractivity contribution in [2.45, 2.75) is 4.90 Å². The van der Waals surface area contributed by atoms with Crippen LogP contribution in [0.25, 0.3) is 0 Å². The van der Waals surface area contributed by atoms with E-state index in [0.717, 1.165) is 12.3 Å². The van der Waals surface area contributed by atoms with E-state index in [1.807, 2.05) is 0 Å². The zero-order valence-electron chi connectivity index (χ0n) is 10.00. The summed E-state index contributed by atoms with van der Waals surface area (Å²) < 4.78 is 44.0. The number of aromatic nitrogens is 1. The maximum Gasteiger partial charge on any atom is 0.262 e. The van der Waals surface area contributed by atoms with E-state index in [9.17, 15) is 12.8 Å². The fraction of sp³-hybridized carbons (Fsp3) is 0.0833. The van der Waals surface area contributed by atoms with E-state index >= 15 is 0 Å². The van der Waals surface area contributed by atoms with E-state index in [1.54, 1.807) is 12.1 Å². The summed E-state index contributed by atoms with van der Waals surface area (Å²) in [5, 5.41) is 0. The van der Waals surface area contributed by atoms with Crippen LogP contribution in [0.2, 0.25) is 0 Å². The van der Waals surface area contributed by atoms with E-state index in [4.69, 9.17) is 4.74 Å². The SMILES string of the molecule is COc1cccc(S(=O)(=O)Nc2ccc(F)nc2)c1. The van der Waals surface area contributed by atoms with Crippen molar-refractivity contribution in [1.82, 2.24) is 4.98 Å². The molecule has 5 nitrogen and oxygen atoms in total. The van der Waals surface area contributed by atoms with E-state index in [0.29, 0.717) is 5.75 Å². The first-order chi connectivity index (χ1) is 9.01. The molecule has 0 aliphatic heterocycles. The van der Waals surface area contributed by atoms with Gasteiger partial charge in [-0.05, 0) is 24.3 Å². The van der Waals surface area contributed by atoms with Gasteiger partial charge < -0.3 is 4.74 Å². The highest BCUT2D eigenvalue weighted by molar-refractivity contribution is 7.92. The minimum absolute atomic E-state index is 0.0520. The summed E-state index contributed by atoms with van der Waals surface area (Å²) in [7, 11) is -2.30. The number of methoxy groups -OCH3 is 1. The first-order valence-electron chi connectivity index (χ1n) is 5.30. The van der Waals surface area contributed by atoms with Gasteiger partial charge in [0.2, 0.25) is 5.95 Å². The zero-order chi connectivity index (χ0) is 13.9. The molecule has 0 aliphatic rings. The molecule has 0 atom stereocenters. The van der Waals surface area contributed by atoms with E-state index < -0.39 is 16.0 Å². The van der Waals surface area contributed by atoms with Gasteiger partial charge in [-0.3, -0.25) is 4.72 Å². The standard InChI is InChI=1S/C12H11FN2O3S/c1-18-10-3-2-4-11(7-10)19(16,17)15-9-5-6-12(13)14-8-9/h2-8,15H,1H3. The summed E-state index contributed by atoms with van der Waals surface area (Å²) in [6.07, 6.45) is 1.10. The van der Waals surface area contributed by atoms with Gasteiger partial charge in [-0.15, -0.1) is 0 Å². The fourth-order valence-corrected chi connectivity index (χ4v) is 2.50. The number of halogens is 1. The Hall–Kier alpha value is -2.15. The van der Waals surface area contributed by atoms with Gasteiger partial charge in [0.05, 0.1) is 23.9 Å². The molecule has 1 aromatic heterocycles. The van der Waals surface area contributed by atoms with E-state index in [-0.39, 0.29) is 10.6 Å². The number of sulfonamides is 1. The summed E-state index contributed by atoms with van der Waals surface area (Å²) in [6, 6.07) is 8.39. The lowest BCUT2D eigenvalue weighted by Crippen LogP contribution is -2.13. The van der Waals surface area contributed by atoms with Crippen LogP contribution in [-0.4, -0.2) is 20.5 Å². The number of benzene rings is 1. The molecule has 1 aromatic carbocycles. The third-order valence-corrected chi connectivity index (χ3v) is 3.71. The second kappa shape index (κ2) is 5.23. The topological polar surface area (TPSA) is 68.3 Å². The molecule has 7 heteroatoms. The average molecular weight is 282 g/mol. The summed E-state index contributed by atoms with van der Waals surface area (Å²) in [4.78, 5) is 3.42. The van der Waals surface area contributed by atoms with Crippen LogP contribution < -0.4 is 9.46 Å².